The van der Waals surface area contributed by atoms with Crippen molar-refractivity contribution in [3.8, 4) is 0 Å². The first kappa shape index (κ1) is 14.9. The lowest BCUT2D eigenvalue weighted by atomic mass is 9.97. The molecule has 1 amide bonds. The highest BCUT2D eigenvalue weighted by atomic mass is 16.6. The predicted molar refractivity (Wildman–Crippen MR) is 67.7 cm³/mol. The van der Waals surface area contributed by atoms with Gasteiger partial charge in [0.15, 0.2) is 6.29 Å². The molecule has 20 heavy (non-hydrogen) atoms. The maximum atomic E-state index is 11.9. The molecule has 0 spiro atoms. The van der Waals surface area contributed by atoms with Crippen molar-refractivity contribution in [1.82, 2.24) is 5.32 Å². The molecule has 0 aliphatic carbocycles. The Morgan fingerprint density at radius 2 is 1.80 bits per heavy atom. The van der Waals surface area contributed by atoms with E-state index in [0.717, 1.165) is 0 Å². The van der Waals surface area contributed by atoms with Gasteiger partial charge in [-0.15, -0.1) is 0 Å². The minimum Gasteiger partial charge on any atom is -0.394 e. The van der Waals surface area contributed by atoms with Gasteiger partial charge in [0.1, 0.15) is 24.4 Å². The van der Waals surface area contributed by atoms with Gasteiger partial charge in [0.05, 0.1) is 6.61 Å². The molecular formula is C13H17NO6. The van der Waals surface area contributed by atoms with Crippen LogP contribution in [0.4, 0.5) is 0 Å². The Bertz CT molecular complexity index is 453. The Kier molecular flexibility index (Phi) is 4.69. The van der Waals surface area contributed by atoms with E-state index in [-0.39, 0.29) is 0 Å². The van der Waals surface area contributed by atoms with E-state index < -0.39 is 43.2 Å². The van der Waals surface area contributed by atoms with Gasteiger partial charge in [-0.3, -0.25) is 4.79 Å². The number of carbonyl (C=O) groups is 1. The van der Waals surface area contributed by atoms with Crippen LogP contribution in [0.2, 0.25) is 0 Å². The number of aliphatic hydroxyl groups is 4. The highest BCUT2D eigenvalue weighted by molar-refractivity contribution is 5.94. The zero-order chi connectivity index (χ0) is 14.7. The summed E-state index contributed by atoms with van der Waals surface area (Å²) in [6.45, 7) is -0.547. The molecule has 5 atom stereocenters. The number of nitrogens with one attached hydrogen (secondary N) is 1. The van der Waals surface area contributed by atoms with E-state index in [4.69, 9.17) is 9.84 Å². The van der Waals surface area contributed by atoms with Crippen LogP contribution >= 0.6 is 0 Å². The van der Waals surface area contributed by atoms with Crippen molar-refractivity contribution in [3.05, 3.63) is 35.9 Å². The van der Waals surface area contributed by atoms with Crippen LogP contribution in [0.3, 0.4) is 0 Å². The van der Waals surface area contributed by atoms with Gasteiger partial charge in [0.2, 0.25) is 0 Å². The minimum atomic E-state index is -1.52. The second kappa shape index (κ2) is 6.29. The number of hydrogen-bond donors (Lipinski definition) is 5. The van der Waals surface area contributed by atoms with Gasteiger partial charge >= 0.3 is 0 Å². The lowest BCUT2D eigenvalue weighted by Gasteiger charge is -2.40. The monoisotopic (exact) mass is 283 g/mol. The van der Waals surface area contributed by atoms with Gasteiger partial charge in [-0.05, 0) is 12.1 Å². The van der Waals surface area contributed by atoms with E-state index in [1.807, 2.05) is 0 Å². The topological polar surface area (TPSA) is 119 Å². The van der Waals surface area contributed by atoms with E-state index in [2.05, 4.69) is 5.32 Å². The number of benzene rings is 1. The summed E-state index contributed by atoms with van der Waals surface area (Å²) in [5.41, 5.74) is 0.352. The predicted octanol–water partition coefficient (Wildman–Crippen LogP) is -1.78. The van der Waals surface area contributed by atoms with Crippen molar-refractivity contribution < 1.29 is 30.0 Å². The van der Waals surface area contributed by atoms with Crippen LogP contribution in [0.25, 0.3) is 0 Å². The molecule has 0 bridgehead atoms. The number of amides is 1. The van der Waals surface area contributed by atoms with E-state index >= 15 is 0 Å². The average Bonchev–Trinajstić information content (AvgIpc) is 2.48. The molecule has 2 rings (SSSR count). The zero-order valence-electron chi connectivity index (χ0n) is 10.6. The van der Waals surface area contributed by atoms with Gasteiger partial charge in [-0.1, -0.05) is 18.2 Å². The summed E-state index contributed by atoms with van der Waals surface area (Å²) in [5, 5.41) is 40.7. The molecule has 1 aliphatic heterocycles. The fourth-order valence-electron chi connectivity index (χ4n) is 2.08. The molecule has 1 heterocycles. The van der Waals surface area contributed by atoms with Crippen LogP contribution in [-0.4, -0.2) is 63.6 Å². The maximum Gasteiger partial charge on any atom is 0.251 e. The summed E-state index contributed by atoms with van der Waals surface area (Å²) in [6, 6.07) is 7.07. The average molecular weight is 283 g/mol. The summed E-state index contributed by atoms with van der Waals surface area (Å²) in [4.78, 5) is 11.9. The van der Waals surface area contributed by atoms with Crippen molar-refractivity contribution in [1.29, 1.82) is 0 Å². The molecule has 7 nitrogen and oxygen atoms in total. The van der Waals surface area contributed by atoms with Crippen molar-refractivity contribution in [3.63, 3.8) is 0 Å². The molecule has 110 valence electrons. The molecule has 1 aliphatic rings. The standard InChI is InChI=1S/C13H17NO6/c15-6-8-10(16)11(17)9(13(19)20-8)14-12(18)7-4-2-1-3-5-7/h1-5,8-11,13,15-17,19H,6H2,(H,14,18)/t8-,9-,10+,11+,13-/m1/s1. The number of ether oxygens (including phenoxy) is 1. The van der Waals surface area contributed by atoms with Crippen molar-refractivity contribution in [2.24, 2.45) is 0 Å². The summed E-state index contributed by atoms with van der Waals surface area (Å²) in [7, 11) is 0. The number of rotatable bonds is 3. The molecule has 5 N–H and O–H groups in total. The highest BCUT2D eigenvalue weighted by Gasteiger charge is 2.44. The second-order valence-corrected chi connectivity index (χ2v) is 4.59. The van der Waals surface area contributed by atoms with Gasteiger partial charge in [0, 0.05) is 5.56 Å². The van der Waals surface area contributed by atoms with Crippen LogP contribution in [0.15, 0.2) is 30.3 Å². The number of aliphatic hydroxyl groups excluding tert-OH is 4. The summed E-state index contributed by atoms with van der Waals surface area (Å²) >= 11 is 0. The van der Waals surface area contributed by atoms with E-state index in [9.17, 15) is 20.1 Å². The molecule has 0 saturated carbocycles. The van der Waals surface area contributed by atoms with Crippen LogP contribution in [0.1, 0.15) is 10.4 Å². The molecule has 1 aromatic carbocycles. The van der Waals surface area contributed by atoms with Gasteiger partial charge < -0.3 is 30.5 Å². The first-order chi connectivity index (χ1) is 9.54. The van der Waals surface area contributed by atoms with E-state index in [0.29, 0.717) is 5.56 Å². The lowest BCUT2D eigenvalue weighted by molar-refractivity contribution is -0.252. The Balaban J connectivity index is 2.07. The van der Waals surface area contributed by atoms with E-state index in [1.165, 1.54) is 0 Å². The third-order valence-corrected chi connectivity index (χ3v) is 3.23. The fourth-order valence-corrected chi connectivity index (χ4v) is 2.08. The maximum absolute atomic E-state index is 11.9. The molecule has 7 heteroatoms. The summed E-state index contributed by atoms with van der Waals surface area (Å²) < 4.78 is 4.95. The molecule has 1 fully saturated rings. The van der Waals surface area contributed by atoms with Gasteiger partial charge in [0.25, 0.3) is 5.91 Å². The first-order valence-electron chi connectivity index (χ1n) is 6.21. The second-order valence-electron chi connectivity index (χ2n) is 4.59. The fraction of sp³-hybridized carbons (Fsp3) is 0.462. The number of hydrogen-bond acceptors (Lipinski definition) is 6. The van der Waals surface area contributed by atoms with Gasteiger partial charge in [-0.2, -0.15) is 0 Å². The van der Waals surface area contributed by atoms with E-state index in [1.54, 1.807) is 30.3 Å². The quantitative estimate of drug-likeness (QED) is 0.447. The first-order valence-corrected chi connectivity index (χ1v) is 6.21. The van der Waals surface area contributed by atoms with Gasteiger partial charge in [-0.25, -0.2) is 0 Å². The normalized spacial score (nSPS) is 33.7. The largest absolute Gasteiger partial charge is 0.394 e. The Morgan fingerprint density at radius 3 is 2.40 bits per heavy atom. The van der Waals surface area contributed by atoms with Crippen LogP contribution in [-0.2, 0) is 4.74 Å². The Labute approximate surface area is 115 Å². The SMILES string of the molecule is O=C(N[C@@H]1[C@H](O)[C@@H](O)[C@@H](CO)O[C@H]1O)c1ccccc1. The summed E-state index contributed by atoms with van der Waals surface area (Å²) in [6.07, 6.45) is -5.45. The Hall–Kier alpha value is -1.51. The zero-order valence-corrected chi connectivity index (χ0v) is 10.6. The van der Waals surface area contributed by atoms with Crippen LogP contribution < -0.4 is 5.32 Å². The lowest BCUT2D eigenvalue weighted by Crippen LogP contribution is -2.64. The molecule has 0 radical (unpaired) electrons. The highest BCUT2D eigenvalue weighted by Crippen LogP contribution is 2.20. The molecule has 1 saturated heterocycles. The molecule has 1 aromatic rings. The van der Waals surface area contributed by atoms with Crippen LogP contribution in [0, 0.1) is 0 Å². The van der Waals surface area contributed by atoms with Crippen molar-refractivity contribution >= 4 is 5.91 Å². The van der Waals surface area contributed by atoms with Crippen LogP contribution in [0.5, 0.6) is 0 Å². The number of carbonyl (C=O) groups excluding carboxylic acids is 1. The van der Waals surface area contributed by atoms with Crippen molar-refractivity contribution in [2.75, 3.05) is 6.61 Å². The minimum absolute atomic E-state index is 0.352. The van der Waals surface area contributed by atoms with Crippen molar-refractivity contribution in [2.45, 2.75) is 30.6 Å². The third kappa shape index (κ3) is 2.97. The third-order valence-electron chi connectivity index (χ3n) is 3.23. The summed E-state index contributed by atoms with van der Waals surface area (Å²) in [5.74, 6) is -0.507. The molecule has 0 aromatic heterocycles. The smallest absolute Gasteiger partial charge is 0.251 e. The Morgan fingerprint density at radius 1 is 1.15 bits per heavy atom. The molecule has 0 unspecified atom stereocenters. The molecular weight excluding hydrogens is 266 g/mol.